The summed E-state index contributed by atoms with van der Waals surface area (Å²) in [5.41, 5.74) is 5.29. The van der Waals surface area contributed by atoms with Crippen molar-refractivity contribution in [2.75, 3.05) is 20.2 Å². The minimum absolute atomic E-state index is 0.165. The Bertz CT molecular complexity index is 1450. The Kier molecular flexibility index (Phi) is 6.41. The van der Waals surface area contributed by atoms with E-state index in [9.17, 15) is 15.2 Å². The molecule has 7 heteroatoms. The Morgan fingerprint density at radius 1 is 1.00 bits per heavy atom. The smallest absolute Gasteiger partial charge is 0.329 e. The van der Waals surface area contributed by atoms with E-state index >= 15 is 0 Å². The van der Waals surface area contributed by atoms with Crippen molar-refractivity contribution in [3.63, 3.8) is 0 Å². The lowest BCUT2D eigenvalue weighted by atomic mass is 10.00. The summed E-state index contributed by atoms with van der Waals surface area (Å²) in [6.45, 7) is 2.69. The predicted molar refractivity (Wildman–Crippen MR) is 134 cm³/mol. The minimum atomic E-state index is -0.719. The van der Waals surface area contributed by atoms with Gasteiger partial charge in [-0.2, -0.15) is 5.26 Å². The van der Waals surface area contributed by atoms with E-state index in [0.717, 1.165) is 36.3 Å². The Balaban J connectivity index is 1.41. The fourth-order valence-corrected chi connectivity index (χ4v) is 4.91. The quantitative estimate of drug-likeness (QED) is 0.451. The lowest BCUT2D eigenvalue weighted by Crippen LogP contribution is -2.39. The second-order valence-electron chi connectivity index (χ2n) is 9.05. The zero-order valence-electron chi connectivity index (χ0n) is 19.7. The number of fused-ring (bicyclic) bond motifs is 2. The molecule has 1 N–H and O–H groups in total. The first-order valence-electron chi connectivity index (χ1n) is 11.8. The van der Waals surface area contributed by atoms with Crippen LogP contribution in [0, 0.1) is 11.3 Å². The molecule has 0 saturated carbocycles. The second-order valence-corrected chi connectivity index (χ2v) is 9.05. The van der Waals surface area contributed by atoms with E-state index in [0.29, 0.717) is 24.2 Å². The summed E-state index contributed by atoms with van der Waals surface area (Å²) in [4.78, 5) is 15.7. The molecule has 2 heterocycles. The molecule has 178 valence electrons. The summed E-state index contributed by atoms with van der Waals surface area (Å²) in [6.07, 6.45) is 0.235. The summed E-state index contributed by atoms with van der Waals surface area (Å²) in [5, 5.41) is 20.4. The number of nitrogens with zero attached hydrogens (tertiary/aromatic N) is 4. The number of β-amino-alcohol motifs (C(OH)–C–C–N with tert-alkyl or cyclic N) is 1. The van der Waals surface area contributed by atoms with Gasteiger partial charge in [-0.05, 0) is 53.4 Å². The Labute approximate surface area is 204 Å². The number of rotatable bonds is 7. The molecule has 0 amide bonds. The summed E-state index contributed by atoms with van der Waals surface area (Å²) in [6, 6.07) is 23.4. The van der Waals surface area contributed by atoms with Gasteiger partial charge < -0.3 is 9.84 Å². The molecule has 1 atom stereocenters. The number of aliphatic hydroxyl groups is 1. The summed E-state index contributed by atoms with van der Waals surface area (Å²) >= 11 is 0. The summed E-state index contributed by atoms with van der Waals surface area (Å²) in [7, 11) is 1.62. The summed E-state index contributed by atoms with van der Waals surface area (Å²) in [5.74, 6) is 0.755. The van der Waals surface area contributed by atoms with Crippen molar-refractivity contribution in [1.29, 1.82) is 5.26 Å². The average Bonchev–Trinajstić information content (AvgIpc) is 3.14. The Morgan fingerprint density at radius 3 is 2.51 bits per heavy atom. The normalized spacial score (nSPS) is 14.4. The maximum absolute atomic E-state index is 13.5. The molecule has 1 aliphatic rings. The van der Waals surface area contributed by atoms with Gasteiger partial charge in [-0.3, -0.25) is 14.0 Å². The molecular weight excluding hydrogens is 440 g/mol. The molecule has 0 spiro atoms. The predicted octanol–water partition coefficient (Wildman–Crippen LogP) is 3.15. The molecule has 0 radical (unpaired) electrons. The van der Waals surface area contributed by atoms with E-state index in [1.807, 2.05) is 36.4 Å². The third-order valence-electron chi connectivity index (χ3n) is 6.72. The van der Waals surface area contributed by atoms with E-state index in [1.165, 1.54) is 11.1 Å². The monoisotopic (exact) mass is 468 g/mol. The zero-order valence-corrected chi connectivity index (χ0v) is 19.7. The molecule has 0 bridgehead atoms. The van der Waals surface area contributed by atoms with E-state index < -0.39 is 6.10 Å². The molecule has 0 saturated heterocycles. The van der Waals surface area contributed by atoms with Gasteiger partial charge in [0.1, 0.15) is 5.75 Å². The number of hydrogen-bond acceptors (Lipinski definition) is 5. The van der Waals surface area contributed by atoms with Crippen LogP contribution in [0.1, 0.15) is 22.3 Å². The Morgan fingerprint density at radius 2 is 1.77 bits per heavy atom. The highest BCUT2D eigenvalue weighted by atomic mass is 16.5. The van der Waals surface area contributed by atoms with Crippen molar-refractivity contribution >= 4 is 11.0 Å². The van der Waals surface area contributed by atoms with Gasteiger partial charge in [0.05, 0.1) is 49.0 Å². The molecule has 0 fully saturated rings. The van der Waals surface area contributed by atoms with Crippen LogP contribution in [-0.4, -0.2) is 45.4 Å². The van der Waals surface area contributed by atoms with Crippen LogP contribution in [0.4, 0.5) is 0 Å². The van der Waals surface area contributed by atoms with E-state index in [1.54, 1.807) is 28.4 Å². The first kappa shape index (κ1) is 22.9. The highest BCUT2D eigenvalue weighted by molar-refractivity contribution is 5.78. The third-order valence-corrected chi connectivity index (χ3v) is 6.72. The van der Waals surface area contributed by atoms with Gasteiger partial charge in [0.25, 0.3) is 0 Å². The maximum Gasteiger partial charge on any atom is 0.329 e. The molecule has 4 aromatic rings. The van der Waals surface area contributed by atoms with Gasteiger partial charge in [0.15, 0.2) is 0 Å². The molecule has 0 aliphatic carbocycles. The standard InChI is InChI=1S/C28H28N4O3/c1-35-25-9-6-20(7-10-25)16-31-26-11-8-21(15-29)14-27(26)32(28(31)34)19-24(33)18-30-13-12-22-4-2-3-5-23(22)17-30/h2-11,14,24,33H,12-13,16-19H2,1H3. The highest BCUT2D eigenvalue weighted by Gasteiger charge is 2.21. The van der Waals surface area contributed by atoms with Gasteiger partial charge >= 0.3 is 5.69 Å². The van der Waals surface area contributed by atoms with E-state index in [4.69, 9.17) is 4.74 Å². The van der Waals surface area contributed by atoms with Gasteiger partial charge in [0.2, 0.25) is 0 Å². The average molecular weight is 469 g/mol. The maximum atomic E-state index is 13.5. The van der Waals surface area contributed by atoms with Crippen LogP contribution in [0.2, 0.25) is 0 Å². The molecule has 7 nitrogen and oxygen atoms in total. The van der Waals surface area contributed by atoms with Crippen LogP contribution in [-0.2, 0) is 26.1 Å². The van der Waals surface area contributed by atoms with Crippen molar-refractivity contribution in [1.82, 2.24) is 14.0 Å². The molecule has 1 aliphatic heterocycles. The first-order valence-corrected chi connectivity index (χ1v) is 11.8. The largest absolute Gasteiger partial charge is 0.497 e. The molecule has 5 rings (SSSR count). The van der Waals surface area contributed by atoms with Crippen molar-refractivity contribution in [3.05, 3.63) is 99.5 Å². The number of methoxy groups -OCH3 is 1. The van der Waals surface area contributed by atoms with Crippen molar-refractivity contribution in [2.24, 2.45) is 0 Å². The van der Waals surface area contributed by atoms with E-state index in [-0.39, 0.29) is 12.2 Å². The topological polar surface area (TPSA) is 83.4 Å². The van der Waals surface area contributed by atoms with Crippen molar-refractivity contribution in [2.45, 2.75) is 32.2 Å². The van der Waals surface area contributed by atoms with Crippen LogP contribution in [0.3, 0.4) is 0 Å². The van der Waals surface area contributed by atoms with Crippen LogP contribution < -0.4 is 10.4 Å². The third kappa shape index (κ3) is 4.72. The molecule has 35 heavy (non-hydrogen) atoms. The SMILES string of the molecule is COc1ccc(Cn2c(=O)n(CC(O)CN3CCc4ccccc4C3)c3cc(C#N)ccc32)cc1. The van der Waals surface area contributed by atoms with E-state index in [2.05, 4.69) is 29.2 Å². The van der Waals surface area contributed by atoms with Gasteiger partial charge in [-0.1, -0.05) is 36.4 Å². The van der Waals surface area contributed by atoms with Crippen LogP contribution in [0.15, 0.2) is 71.5 Å². The zero-order chi connectivity index (χ0) is 24.4. The van der Waals surface area contributed by atoms with Crippen LogP contribution in [0.25, 0.3) is 11.0 Å². The fraction of sp³-hybridized carbons (Fsp3) is 0.286. The number of aromatic nitrogens is 2. The van der Waals surface area contributed by atoms with Crippen LogP contribution in [0.5, 0.6) is 5.75 Å². The second kappa shape index (κ2) is 9.79. The van der Waals surface area contributed by atoms with Gasteiger partial charge in [-0.25, -0.2) is 4.79 Å². The summed E-state index contributed by atoms with van der Waals surface area (Å²) < 4.78 is 8.53. The lowest BCUT2D eigenvalue weighted by Gasteiger charge is -2.30. The van der Waals surface area contributed by atoms with Crippen molar-refractivity contribution < 1.29 is 9.84 Å². The molecule has 3 aromatic carbocycles. The number of imidazole rings is 1. The molecule has 1 aromatic heterocycles. The lowest BCUT2D eigenvalue weighted by molar-refractivity contribution is 0.0918. The minimum Gasteiger partial charge on any atom is -0.497 e. The molecule has 1 unspecified atom stereocenters. The first-order chi connectivity index (χ1) is 17.1. The number of aliphatic hydroxyl groups excluding tert-OH is 1. The number of ether oxygens (including phenoxy) is 1. The van der Waals surface area contributed by atoms with Crippen LogP contribution >= 0.6 is 0 Å². The fourth-order valence-electron chi connectivity index (χ4n) is 4.91. The molecular formula is C28H28N4O3. The highest BCUT2D eigenvalue weighted by Crippen LogP contribution is 2.21. The number of hydrogen-bond donors (Lipinski definition) is 1. The number of benzene rings is 3. The number of nitriles is 1. The van der Waals surface area contributed by atoms with Gasteiger partial charge in [0, 0.05) is 19.6 Å². The Hall–Kier alpha value is -3.86. The van der Waals surface area contributed by atoms with Crippen molar-refractivity contribution in [3.8, 4) is 11.8 Å². The van der Waals surface area contributed by atoms with Gasteiger partial charge in [-0.15, -0.1) is 0 Å².